The van der Waals surface area contributed by atoms with Gasteiger partial charge in [0.25, 0.3) is 10.0 Å². The summed E-state index contributed by atoms with van der Waals surface area (Å²) in [6.45, 7) is 2.97. The summed E-state index contributed by atoms with van der Waals surface area (Å²) in [5.74, 6) is -2.18. The molecule has 0 aliphatic heterocycles. The first-order valence-electron chi connectivity index (χ1n) is 6.84. The Morgan fingerprint density at radius 1 is 1.08 bits per heavy atom. The summed E-state index contributed by atoms with van der Waals surface area (Å²) in [7, 11) is -3.86. The fourth-order valence-electron chi connectivity index (χ4n) is 1.94. The number of benzene rings is 2. The third-order valence-electron chi connectivity index (χ3n) is 3.05. The second-order valence-electron chi connectivity index (χ2n) is 5.03. The van der Waals surface area contributed by atoms with Crippen LogP contribution in [-0.2, 0) is 14.8 Å². The van der Waals surface area contributed by atoms with Crippen LogP contribution >= 0.6 is 0 Å². The van der Waals surface area contributed by atoms with Crippen molar-refractivity contribution in [2.45, 2.75) is 18.7 Å². The number of carbonyl (C=O) groups excluding carboxylic acids is 1. The number of nitrogens with one attached hydrogen (secondary N) is 1. The Hall–Kier alpha value is -2.87. The van der Waals surface area contributed by atoms with Gasteiger partial charge in [-0.3, -0.25) is 9.52 Å². The van der Waals surface area contributed by atoms with Gasteiger partial charge in [-0.1, -0.05) is 17.7 Å². The van der Waals surface area contributed by atoms with Crippen molar-refractivity contribution in [2.24, 2.45) is 0 Å². The molecule has 0 aliphatic carbocycles. The van der Waals surface area contributed by atoms with E-state index >= 15 is 0 Å². The number of aryl methyl sites for hydroxylation is 1. The van der Waals surface area contributed by atoms with E-state index in [1.54, 1.807) is 12.1 Å². The summed E-state index contributed by atoms with van der Waals surface area (Å²) in [5.41, 5.74) is 0.631. The van der Waals surface area contributed by atoms with E-state index in [9.17, 15) is 23.1 Å². The summed E-state index contributed by atoms with van der Waals surface area (Å²) in [6, 6.07) is 9.83. The molecule has 2 aromatic carbocycles. The van der Waals surface area contributed by atoms with E-state index in [0.29, 0.717) is 0 Å². The first kappa shape index (κ1) is 17.5. The van der Waals surface area contributed by atoms with Crippen LogP contribution in [0.1, 0.15) is 22.8 Å². The zero-order chi connectivity index (χ0) is 17.9. The van der Waals surface area contributed by atoms with Crippen molar-refractivity contribution in [1.29, 1.82) is 0 Å². The third kappa shape index (κ3) is 4.11. The van der Waals surface area contributed by atoms with Gasteiger partial charge in [0.05, 0.1) is 4.90 Å². The van der Waals surface area contributed by atoms with Gasteiger partial charge >= 0.3 is 11.9 Å². The highest BCUT2D eigenvalue weighted by Gasteiger charge is 2.18. The second kappa shape index (κ2) is 6.71. The molecule has 24 heavy (non-hydrogen) atoms. The van der Waals surface area contributed by atoms with E-state index in [2.05, 4.69) is 4.72 Å². The number of carboxylic acids is 1. The van der Waals surface area contributed by atoms with Gasteiger partial charge in [0, 0.05) is 12.6 Å². The van der Waals surface area contributed by atoms with Gasteiger partial charge in [0.2, 0.25) is 0 Å². The van der Waals surface area contributed by atoms with Crippen LogP contribution in [-0.4, -0.2) is 25.5 Å². The molecular formula is C16H15NO6S. The van der Waals surface area contributed by atoms with E-state index in [4.69, 9.17) is 4.74 Å². The Morgan fingerprint density at radius 3 is 2.25 bits per heavy atom. The first-order valence-corrected chi connectivity index (χ1v) is 8.32. The Labute approximate surface area is 138 Å². The first-order chi connectivity index (χ1) is 11.2. The zero-order valence-electron chi connectivity index (χ0n) is 12.9. The summed E-state index contributed by atoms with van der Waals surface area (Å²) in [4.78, 5) is 22.3. The highest BCUT2D eigenvalue weighted by molar-refractivity contribution is 7.92. The number of rotatable bonds is 5. The van der Waals surface area contributed by atoms with Crippen LogP contribution in [0.15, 0.2) is 47.4 Å². The SMILES string of the molecule is CC(=O)Oc1ccc(NS(=O)(=O)c2ccc(C)cc2)cc1C(=O)O. The maximum absolute atomic E-state index is 12.3. The average Bonchev–Trinajstić information content (AvgIpc) is 2.48. The fourth-order valence-corrected chi connectivity index (χ4v) is 2.99. The van der Waals surface area contributed by atoms with Gasteiger partial charge < -0.3 is 9.84 Å². The van der Waals surface area contributed by atoms with Crippen LogP contribution in [0.2, 0.25) is 0 Å². The lowest BCUT2D eigenvalue weighted by atomic mass is 10.2. The number of aromatic carboxylic acids is 1. The van der Waals surface area contributed by atoms with Crippen molar-refractivity contribution >= 4 is 27.6 Å². The van der Waals surface area contributed by atoms with E-state index in [0.717, 1.165) is 18.6 Å². The summed E-state index contributed by atoms with van der Waals surface area (Å²) in [5, 5.41) is 9.18. The number of hydrogen-bond acceptors (Lipinski definition) is 5. The van der Waals surface area contributed by atoms with Crippen LogP contribution in [0.3, 0.4) is 0 Å². The molecule has 0 saturated heterocycles. The monoisotopic (exact) mass is 349 g/mol. The minimum absolute atomic E-state index is 0.0453. The molecule has 2 aromatic rings. The molecule has 0 amide bonds. The maximum atomic E-state index is 12.3. The normalized spacial score (nSPS) is 10.9. The molecule has 0 aliphatic rings. The van der Waals surface area contributed by atoms with Gasteiger partial charge in [-0.2, -0.15) is 0 Å². The van der Waals surface area contributed by atoms with Crippen LogP contribution in [0.4, 0.5) is 5.69 Å². The van der Waals surface area contributed by atoms with Crippen LogP contribution in [0.25, 0.3) is 0 Å². The Bertz CT molecular complexity index is 887. The van der Waals surface area contributed by atoms with E-state index in [-0.39, 0.29) is 21.9 Å². The Morgan fingerprint density at radius 2 is 1.71 bits per heavy atom. The molecule has 0 atom stereocenters. The van der Waals surface area contributed by atoms with Crippen molar-refractivity contribution < 1.29 is 27.9 Å². The molecule has 0 spiro atoms. The molecule has 0 radical (unpaired) electrons. The number of carboxylic acid groups (broad SMARTS) is 1. The smallest absolute Gasteiger partial charge is 0.339 e. The molecule has 0 heterocycles. The van der Waals surface area contributed by atoms with Crippen LogP contribution in [0.5, 0.6) is 5.75 Å². The number of anilines is 1. The lowest BCUT2D eigenvalue weighted by Gasteiger charge is -2.11. The standard InChI is InChI=1S/C16H15NO6S/c1-10-3-6-13(7-4-10)24(21,22)17-12-5-8-15(23-11(2)18)14(9-12)16(19)20/h3-9,17H,1-2H3,(H,19,20). The fraction of sp³-hybridized carbons (Fsp3) is 0.125. The number of sulfonamides is 1. The largest absolute Gasteiger partial charge is 0.478 e. The van der Waals surface area contributed by atoms with Crippen molar-refractivity contribution in [1.82, 2.24) is 0 Å². The molecule has 2 rings (SSSR count). The van der Waals surface area contributed by atoms with Gasteiger partial charge in [-0.15, -0.1) is 0 Å². The Balaban J connectivity index is 2.35. The summed E-state index contributed by atoms with van der Waals surface area (Å²) < 4.78 is 31.7. The number of hydrogen-bond donors (Lipinski definition) is 2. The molecule has 0 unspecified atom stereocenters. The van der Waals surface area contributed by atoms with Crippen molar-refractivity contribution in [3.05, 3.63) is 53.6 Å². The van der Waals surface area contributed by atoms with Crippen molar-refractivity contribution in [3.63, 3.8) is 0 Å². The number of carbonyl (C=O) groups is 2. The van der Waals surface area contributed by atoms with Crippen LogP contribution < -0.4 is 9.46 Å². The number of esters is 1. The lowest BCUT2D eigenvalue weighted by Crippen LogP contribution is -2.14. The quantitative estimate of drug-likeness (QED) is 0.634. The number of ether oxygens (including phenoxy) is 1. The highest BCUT2D eigenvalue weighted by atomic mass is 32.2. The highest BCUT2D eigenvalue weighted by Crippen LogP contribution is 2.25. The predicted molar refractivity (Wildman–Crippen MR) is 86.7 cm³/mol. The summed E-state index contributed by atoms with van der Waals surface area (Å²) >= 11 is 0. The summed E-state index contributed by atoms with van der Waals surface area (Å²) in [6.07, 6.45) is 0. The zero-order valence-corrected chi connectivity index (χ0v) is 13.8. The maximum Gasteiger partial charge on any atom is 0.339 e. The van der Waals surface area contributed by atoms with Gasteiger partial charge in [0.1, 0.15) is 11.3 Å². The molecule has 126 valence electrons. The van der Waals surface area contributed by atoms with Crippen molar-refractivity contribution in [2.75, 3.05) is 4.72 Å². The average molecular weight is 349 g/mol. The minimum Gasteiger partial charge on any atom is -0.478 e. The minimum atomic E-state index is -3.86. The molecule has 0 bridgehead atoms. The third-order valence-corrected chi connectivity index (χ3v) is 4.44. The predicted octanol–water partition coefficient (Wildman–Crippen LogP) is 2.42. The second-order valence-corrected chi connectivity index (χ2v) is 6.71. The van der Waals surface area contributed by atoms with Gasteiger partial charge in [-0.05, 0) is 37.3 Å². The van der Waals surface area contributed by atoms with E-state index < -0.39 is 22.0 Å². The van der Waals surface area contributed by atoms with Crippen LogP contribution in [0, 0.1) is 6.92 Å². The molecule has 0 aromatic heterocycles. The topological polar surface area (TPSA) is 110 Å². The molecule has 0 fully saturated rings. The lowest BCUT2D eigenvalue weighted by molar-refractivity contribution is -0.131. The molecular weight excluding hydrogens is 334 g/mol. The Kier molecular flexibility index (Phi) is 4.89. The van der Waals surface area contributed by atoms with Gasteiger partial charge in [-0.25, -0.2) is 13.2 Å². The van der Waals surface area contributed by atoms with Gasteiger partial charge in [0.15, 0.2) is 0 Å². The molecule has 0 saturated carbocycles. The van der Waals surface area contributed by atoms with Crippen molar-refractivity contribution in [3.8, 4) is 5.75 Å². The van der Waals surface area contributed by atoms with E-state index in [1.165, 1.54) is 24.3 Å². The van der Waals surface area contributed by atoms with E-state index in [1.807, 2.05) is 6.92 Å². The molecule has 8 heteroatoms. The molecule has 7 nitrogen and oxygen atoms in total. The molecule has 2 N–H and O–H groups in total.